The summed E-state index contributed by atoms with van der Waals surface area (Å²) in [6, 6.07) is 24.1. The summed E-state index contributed by atoms with van der Waals surface area (Å²) in [4.78, 5) is 40.7. The van der Waals surface area contributed by atoms with Crippen LogP contribution in [-0.4, -0.2) is 29.5 Å². The summed E-state index contributed by atoms with van der Waals surface area (Å²) >= 11 is 0. The predicted molar refractivity (Wildman–Crippen MR) is 154 cm³/mol. The summed E-state index contributed by atoms with van der Waals surface area (Å²) in [5, 5.41) is 5.89. The number of aromatic nitrogens is 1. The molecule has 4 aromatic rings. The Balaban J connectivity index is 1.27. The molecule has 1 fully saturated rings. The van der Waals surface area contributed by atoms with E-state index in [9.17, 15) is 14.4 Å². The van der Waals surface area contributed by atoms with Crippen LogP contribution < -0.4 is 21.1 Å². The van der Waals surface area contributed by atoms with Crippen LogP contribution in [0, 0.1) is 5.92 Å². The number of nitrogens with one attached hydrogen (secondary N) is 2. The highest BCUT2D eigenvalue weighted by atomic mass is 16.3. The fraction of sp³-hybridized carbons (Fsp3) is 0.219. The zero-order chi connectivity index (χ0) is 27.5. The van der Waals surface area contributed by atoms with Crippen molar-refractivity contribution in [1.82, 2.24) is 9.88 Å². The van der Waals surface area contributed by atoms with Crippen molar-refractivity contribution in [2.45, 2.75) is 25.4 Å². The number of hydrogen-bond donors (Lipinski definition) is 2. The van der Waals surface area contributed by atoms with Crippen LogP contribution in [0.4, 0.5) is 11.4 Å². The number of piperidine rings is 1. The van der Waals surface area contributed by atoms with Crippen LogP contribution in [0.15, 0.2) is 100 Å². The minimum atomic E-state index is -0.285. The first-order chi connectivity index (χ1) is 19.5. The Morgan fingerprint density at radius 1 is 0.950 bits per heavy atom. The lowest BCUT2D eigenvalue weighted by molar-refractivity contribution is -0.111. The number of anilines is 2. The standard InChI is InChI=1S/C32H30N4O4/c37-30(14-11-22-6-2-1-3-7-22)34-27-17-24(32(39)33-18-26-8-5-15-40-26)12-13-29(27)35-19-23-16-25(21-35)28-9-4-10-31(38)36(28)20-23/h1-15,17,23,25H,16,18-21H2,(H,33,39)(H,34,37). The molecule has 40 heavy (non-hydrogen) atoms. The highest BCUT2D eigenvalue weighted by Gasteiger charge is 2.35. The average Bonchev–Trinajstić information content (AvgIpc) is 3.50. The highest BCUT2D eigenvalue weighted by Crippen LogP contribution is 2.39. The van der Waals surface area contributed by atoms with E-state index in [1.165, 1.54) is 6.08 Å². The van der Waals surface area contributed by atoms with Gasteiger partial charge in [-0.05, 0) is 60.4 Å². The zero-order valence-electron chi connectivity index (χ0n) is 22.0. The third-order valence-electron chi connectivity index (χ3n) is 7.57. The summed E-state index contributed by atoms with van der Waals surface area (Å²) in [6.45, 7) is 2.41. The number of carbonyl (C=O) groups excluding carboxylic acids is 2. The molecule has 8 nitrogen and oxygen atoms in total. The molecule has 6 rings (SSSR count). The first-order valence-electron chi connectivity index (χ1n) is 13.5. The fourth-order valence-corrected chi connectivity index (χ4v) is 5.74. The molecule has 0 aliphatic carbocycles. The van der Waals surface area contributed by atoms with E-state index in [1.807, 2.05) is 53.1 Å². The number of benzene rings is 2. The number of pyridine rings is 1. The van der Waals surface area contributed by atoms with E-state index in [1.54, 1.807) is 42.7 Å². The van der Waals surface area contributed by atoms with Crippen molar-refractivity contribution in [3.05, 3.63) is 124 Å². The molecule has 202 valence electrons. The van der Waals surface area contributed by atoms with Gasteiger partial charge >= 0.3 is 0 Å². The van der Waals surface area contributed by atoms with Crippen LogP contribution in [0.25, 0.3) is 6.08 Å². The van der Waals surface area contributed by atoms with E-state index in [-0.39, 0.29) is 29.8 Å². The van der Waals surface area contributed by atoms with Gasteiger partial charge in [0.05, 0.1) is 24.2 Å². The van der Waals surface area contributed by atoms with Gasteiger partial charge in [-0.2, -0.15) is 0 Å². The molecular weight excluding hydrogens is 504 g/mol. The lowest BCUT2D eigenvalue weighted by Gasteiger charge is -2.44. The SMILES string of the molecule is O=C(C=Cc1ccccc1)Nc1cc(C(=O)NCc2ccco2)ccc1N1CC2CC(C1)c1cccc(=O)n1C2. The molecule has 0 radical (unpaired) electrons. The predicted octanol–water partition coefficient (Wildman–Crippen LogP) is 4.65. The lowest BCUT2D eigenvalue weighted by Crippen LogP contribution is -2.47. The van der Waals surface area contributed by atoms with E-state index in [2.05, 4.69) is 15.5 Å². The monoisotopic (exact) mass is 534 g/mol. The van der Waals surface area contributed by atoms with Crippen LogP contribution in [0.3, 0.4) is 0 Å². The van der Waals surface area contributed by atoms with E-state index in [0.29, 0.717) is 36.0 Å². The molecule has 2 aliphatic heterocycles. The van der Waals surface area contributed by atoms with Crippen molar-refractivity contribution in [2.75, 3.05) is 23.3 Å². The van der Waals surface area contributed by atoms with E-state index < -0.39 is 0 Å². The second-order valence-corrected chi connectivity index (χ2v) is 10.3. The molecule has 8 heteroatoms. The summed E-state index contributed by atoms with van der Waals surface area (Å²) in [5.74, 6) is 0.626. The molecular formula is C32H30N4O4. The molecule has 2 aliphatic rings. The van der Waals surface area contributed by atoms with Gasteiger partial charge in [0.15, 0.2) is 0 Å². The molecule has 2 unspecified atom stereocenters. The Morgan fingerprint density at radius 2 is 1.82 bits per heavy atom. The van der Waals surface area contributed by atoms with E-state index in [4.69, 9.17) is 4.42 Å². The summed E-state index contributed by atoms with van der Waals surface area (Å²) in [6.07, 6.45) is 5.84. The number of amides is 2. The van der Waals surface area contributed by atoms with Crippen molar-refractivity contribution in [3.63, 3.8) is 0 Å². The second-order valence-electron chi connectivity index (χ2n) is 10.3. The lowest BCUT2D eigenvalue weighted by atomic mass is 9.83. The summed E-state index contributed by atoms with van der Waals surface area (Å²) in [7, 11) is 0. The van der Waals surface area contributed by atoms with Crippen molar-refractivity contribution in [3.8, 4) is 0 Å². The van der Waals surface area contributed by atoms with Gasteiger partial charge in [-0.1, -0.05) is 36.4 Å². The maximum Gasteiger partial charge on any atom is 0.251 e. The smallest absolute Gasteiger partial charge is 0.251 e. The number of carbonyl (C=O) groups is 2. The molecule has 2 aromatic heterocycles. The minimum absolute atomic E-state index is 0.0451. The number of hydrogen-bond acceptors (Lipinski definition) is 5. The van der Waals surface area contributed by atoms with Crippen LogP contribution in [-0.2, 0) is 17.9 Å². The number of furan rings is 1. The Morgan fingerprint density at radius 3 is 2.65 bits per heavy atom. The minimum Gasteiger partial charge on any atom is -0.467 e. The molecule has 2 bridgehead atoms. The Kier molecular flexibility index (Phi) is 7.06. The molecule has 0 spiro atoms. The first kappa shape index (κ1) is 25.4. The summed E-state index contributed by atoms with van der Waals surface area (Å²) < 4.78 is 7.22. The molecule has 1 saturated heterocycles. The van der Waals surface area contributed by atoms with Crippen molar-refractivity contribution in [2.24, 2.45) is 5.92 Å². The first-order valence-corrected chi connectivity index (χ1v) is 13.5. The van der Waals surface area contributed by atoms with Crippen molar-refractivity contribution < 1.29 is 14.0 Å². The Labute approximate surface area is 231 Å². The van der Waals surface area contributed by atoms with Gasteiger partial charge in [-0.25, -0.2) is 0 Å². The van der Waals surface area contributed by atoms with Crippen LogP contribution in [0.1, 0.15) is 39.7 Å². The number of fused-ring (bicyclic) bond motifs is 4. The summed E-state index contributed by atoms with van der Waals surface area (Å²) in [5.41, 5.74) is 3.88. The topological polar surface area (TPSA) is 96.6 Å². The molecule has 2 N–H and O–H groups in total. The van der Waals surface area contributed by atoms with Gasteiger partial charge in [0.1, 0.15) is 5.76 Å². The third kappa shape index (κ3) is 5.47. The number of nitrogens with zero attached hydrogens (tertiary/aromatic N) is 2. The second kappa shape index (κ2) is 11.1. The van der Waals surface area contributed by atoms with Gasteiger partial charge in [0, 0.05) is 49.0 Å². The third-order valence-corrected chi connectivity index (χ3v) is 7.57. The van der Waals surface area contributed by atoms with Gasteiger partial charge in [0.25, 0.3) is 11.5 Å². The average molecular weight is 535 g/mol. The Bertz CT molecular complexity index is 1610. The zero-order valence-corrected chi connectivity index (χ0v) is 22.0. The van der Waals surface area contributed by atoms with E-state index in [0.717, 1.165) is 29.9 Å². The largest absolute Gasteiger partial charge is 0.467 e. The van der Waals surface area contributed by atoms with Crippen LogP contribution >= 0.6 is 0 Å². The molecule has 4 heterocycles. The number of rotatable bonds is 7. The maximum atomic E-state index is 13.0. The van der Waals surface area contributed by atoms with E-state index >= 15 is 0 Å². The quantitative estimate of drug-likeness (QED) is 0.337. The van der Waals surface area contributed by atoms with Gasteiger partial charge in [0.2, 0.25) is 5.91 Å². The van der Waals surface area contributed by atoms with Crippen molar-refractivity contribution in [1.29, 1.82) is 0 Å². The van der Waals surface area contributed by atoms with Gasteiger partial charge in [-0.15, -0.1) is 0 Å². The van der Waals surface area contributed by atoms with Crippen LogP contribution in [0.2, 0.25) is 0 Å². The maximum absolute atomic E-state index is 13.0. The van der Waals surface area contributed by atoms with Crippen LogP contribution in [0.5, 0.6) is 0 Å². The highest BCUT2D eigenvalue weighted by molar-refractivity contribution is 6.05. The fourth-order valence-electron chi connectivity index (χ4n) is 5.74. The normalized spacial score (nSPS) is 17.9. The molecule has 2 aromatic carbocycles. The molecule has 0 saturated carbocycles. The van der Waals surface area contributed by atoms with Crippen molar-refractivity contribution >= 4 is 29.3 Å². The molecule has 2 amide bonds. The molecule has 2 atom stereocenters. The van der Waals surface area contributed by atoms with Gasteiger partial charge in [-0.3, -0.25) is 14.4 Å². The van der Waals surface area contributed by atoms with Gasteiger partial charge < -0.3 is 24.5 Å². The Hall–Kier alpha value is -4.85.